The summed E-state index contributed by atoms with van der Waals surface area (Å²) in [5.74, 6) is -0.324. The van der Waals surface area contributed by atoms with E-state index in [0.717, 1.165) is 57.8 Å². The van der Waals surface area contributed by atoms with Crippen LogP contribution in [0, 0.1) is 0 Å². The first-order chi connectivity index (χ1) is 27.1. The van der Waals surface area contributed by atoms with Gasteiger partial charge in [0.05, 0.1) is 34.4 Å². The lowest BCUT2D eigenvalue weighted by Crippen LogP contribution is -2.37. The van der Waals surface area contributed by atoms with Gasteiger partial charge >= 0.3 is 13.8 Å². The molecule has 1 N–H and O–H groups in total. The van der Waals surface area contributed by atoms with Crippen LogP contribution >= 0.6 is 7.82 Å². The van der Waals surface area contributed by atoms with Crippen LogP contribution in [0.3, 0.4) is 0 Å². The molecular weight excluding hydrogens is 721 g/mol. The molecule has 8 nitrogen and oxygen atoms in total. The third-order valence-electron chi connectivity index (χ3n) is 9.95. The highest BCUT2D eigenvalue weighted by molar-refractivity contribution is 7.47. The van der Waals surface area contributed by atoms with Gasteiger partial charge in [-0.1, -0.05) is 179 Å². The van der Waals surface area contributed by atoms with Gasteiger partial charge in [-0.2, -0.15) is 0 Å². The van der Waals surface area contributed by atoms with Crippen molar-refractivity contribution in [3.63, 3.8) is 0 Å². The Morgan fingerprint density at radius 2 is 0.982 bits per heavy atom. The van der Waals surface area contributed by atoms with Crippen LogP contribution in [0.15, 0.2) is 36.5 Å². The lowest BCUT2D eigenvalue weighted by atomic mass is 10.0. The quantitative estimate of drug-likeness (QED) is 0.0215. The second kappa shape index (κ2) is 40.5. The van der Waals surface area contributed by atoms with E-state index in [4.69, 9.17) is 18.5 Å². The van der Waals surface area contributed by atoms with E-state index in [-0.39, 0.29) is 25.8 Å². The number of carbonyl (C=O) groups is 1. The highest BCUT2D eigenvalue weighted by atomic mass is 31.2. The first-order valence-corrected chi connectivity index (χ1v) is 24.7. The molecule has 0 saturated carbocycles. The van der Waals surface area contributed by atoms with E-state index >= 15 is 0 Å². The monoisotopic (exact) mass is 813 g/mol. The number of phosphoric ester groups is 1. The number of nitrogens with zero attached hydrogens (tertiary/aromatic N) is 1. The van der Waals surface area contributed by atoms with Gasteiger partial charge in [0.2, 0.25) is 0 Å². The first-order valence-electron chi connectivity index (χ1n) is 23.2. The fourth-order valence-corrected chi connectivity index (χ4v) is 7.07. The fraction of sp³-hybridized carbons (Fsp3) is 0.851. The molecule has 2 atom stereocenters. The molecule has 330 valence electrons. The van der Waals surface area contributed by atoms with Crippen LogP contribution in [-0.2, 0) is 27.9 Å². The molecule has 0 aliphatic carbocycles. The van der Waals surface area contributed by atoms with E-state index in [1.807, 2.05) is 21.1 Å². The third-order valence-corrected chi connectivity index (χ3v) is 10.9. The molecule has 2 unspecified atom stereocenters. The summed E-state index contributed by atoms with van der Waals surface area (Å²) in [5.41, 5.74) is 0. The van der Waals surface area contributed by atoms with Gasteiger partial charge in [0, 0.05) is 13.0 Å². The van der Waals surface area contributed by atoms with Crippen molar-refractivity contribution < 1.29 is 37.3 Å². The number of esters is 1. The van der Waals surface area contributed by atoms with Gasteiger partial charge in [-0.25, -0.2) is 4.57 Å². The summed E-state index contributed by atoms with van der Waals surface area (Å²) in [7, 11) is 1.66. The van der Waals surface area contributed by atoms with Crippen molar-refractivity contribution in [2.24, 2.45) is 0 Å². The molecule has 56 heavy (non-hydrogen) atoms. The molecule has 0 aliphatic heterocycles. The number of quaternary nitrogens is 1. The molecule has 0 aromatic heterocycles. The molecule has 0 spiro atoms. The lowest BCUT2D eigenvalue weighted by molar-refractivity contribution is -0.870. The Bertz CT molecular complexity index is 994. The second-order valence-electron chi connectivity index (χ2n) is 16.8. The van der Waals surface area contributed by atoms with E-state index in [1.54, 1.807) is 0 Å². The molecular formula is C47H91NO7P+. The zero-order valence-corrected chi connectivity index (χ0v) is 38.3. The summed E-state index contributed by atoms with van der Waals surface area (Å²) >= 11 is 0. The zero-order valence-electron chi connectivity index (χ0n) is 37.4. The molecule has 0 heterocycles. The lowest BCUT2D eigenvalue weighted by Gasteiger charge is -2.24. The molecule has 0 fully saturated rings. The van der Waals surface area contributed by atoms with Crippen LogP contribution in [0.25, 0.3) is 0 Å². The van der Waals surface area contributed by atoms with Crippen LogP contribution in [0.5, 0.6) is 0 Å². The Kier molecular flexibility index (Phi) is 39.6. The Balaban J connectivity index is 4.21. The molecule has 0 bridgehead atoms. The summed E-state index contributed by atoms with van der Waals surface area (Å²) in [6, 6.07) is 0. The predicted molar refractivity (Wildman–Crippen MR) is 238 cm³/mol. The van der Waals surface area contributed by atoms with Crippen molar-refractivity contribution >= 4 is 13.8 Å². The highest BCUT2D eigenvalue weighted by Crippen LogP contribution is 2.43. The highest BCUT2D eigenvalue weighted by Gasteiger charge is 2.26. The average Bonchev–Trinajstić information content (AvgIpc) is 3.15. The number of unbranched alkanes of at least 4 members (excludes halogenated alkanes) is 23. The van der Waals surface area contributed by atoms with E-state index < -0.39 is 13.9 Å². The molecule has 0 amide bonds. The number of ether oxygens (including phenoxy) is 2. The summed E-state index contributed by atoms with van der Waals surface area (Å²) in [6.45, 7) is 5.61. The fourth-order valence-electron chi connectivity index (χ4n) is 6.32. The number of carbonyl (C=O) groups excluding carboxylic acids is 1. The smallest absolute Gasteiger partial charge is 0.457 e. The minimum absolute atomic E-state index is 0.0865. The Morgan fingerprint density at radius 3 is 1.46 bits per heavy atom. The van der Waals surface area contributed by atoms with Crippen LogP contribution in [0.1, 0.15) is 200 Å². The topological polar surface area (TPSA) is 91.3 Å². The maximum atomic E-state index is 12.7. The van der Waals surface area contributed by atoms with Gasteiger partial charge in [0.15, 0.2) is 0 Å². The Morgan fingerprint density at radius 1 is 0.554 bits per heavy atom. The molecule has 0 aromatic carbocycles. The molecule has 0 rings (SSSR count). The number of phosphoric acid groups is 1. The number of allylic oxidation sites excluding steroid dienone is 6. The minimum Gasteiger partial charge on any atom is -0.457 e. The second-order valence-corrected chi connectivity index (χ2v) is 18.2. The zero-order chi connectivity index (χ0) is 41.3. The number of rotatable bonds is 43. The van der Waals surface area contributed by atoms with Crippen molar-refractivity contribution in [1.82, 2.24) is 0 Å². The SMILES string of the molecule is CCCCCCC/C=C\C/C=C\C/C=C\CCCCCCCCC(=O)OC(COCCCCCCCCCCCCCCC)COP(=O)(O)OCC[N+](C)(C)C. The molecule has 0 saturated heterocycles. The Hall–Kier alpha value is -1.28. The maximum absolute atomic E-state index is 12.7. The molecule has 0 radical (unpaired) electrons. The van der Waals surface area contributed by atoms with E-state index in [1.165, 1.54) is 122 Å². The van der Waals surface area contributed by atoms with E-state index in [0.29, 0.717) is 24.1 Å². The summed E-state index contributed by atoms with van der Waals surface area (Å²) in [4.78, 5) is 22.9. The maximum Gasteiger partial charge on any atom is 0.472 e. The van der Waals surface area contributed by atoms with Gasteiger partial charge in [-0.05, 0) is 51.4 Å². The van der Waals surface area contributed by atoms with Crippen LogP contribution in [-0.4, -0.2) is 75.6 Å². The summed E-state index contributed by atoms with van der Waals surface area (Å²) < 4.78 is 35.0. The normalized spacial score (nSPS) is 14.0. The molecule has 0 aromatic rings. The Labute approximate surface area is 346 Å². The van der Waals surface area contributed by atoms with E-state index in [2.05, 4.69) is 50.3 Å². The van der Waals surface area contributed by atoms with Crippen LogP contribution in [0.2, 0.25) is 0 Å². The standard InChI is InChI=1S/C47H90NO7P/c1-6-8-10-12-14-16-18-20-21-22-23-24-25-26-27-28-30-32-34-36-38-40-47(49)55-46(45-54-56(50,51)53-43-41-48(3,4)5)44-52-42-39-37-35-33-31-29-19-17-15-13-11-9-7-2/h18,20,22-23,25-26,46H,6-17,19,21,24,27-45H2,1-5H3/p+1/b20-18-,23-22-,26-25-. The number of hydrogen-bond acceptors (Lipinski definition) is 6. The van der Waals surface area contributed by atoms with Gasteiger partial charge in [-0.3, -0.25) is 13.8 Å². The summed E-state index contributed by atoms with van der Waals surface area (Å²) in [6.07, 6.45) is 47.4. The minimum atomic E-state index is -4.28. The van der Waals surface area contributed by atoms with Gasteiger partial charge < -0.3 is 18.9 Å². The molecule has 9 heteroatoms. The third kappa shape index (κ3) is 43.8. The van der Waals surface area contributed by atoms with Crippen molar-refractivity contribution in [3.8, 4) is 0 Å². The van der Waals surface area contributed by atoms with Gasteiger partial charge in [0.25, 0.3) is 0 Å². The summed E-state index contributed by atoms with van der Waals surface area (Å²) in [5, 5.41) is 0. The van der Waals surface area contributed by atoms with Crippen LogP contribution in [0.4, 0.5) is 0 Å². The number of hydrogen-bond donors (Lipinski definition) is 1. The first kappa shape index (κ1) is 54.7. The molecule has 0 aliphatic rings. The number of likely N-dealkylation sites (N-methyl/N-ethyl adjacent to an activating group) is 1. The van der Waals surface area contributed by atoms with E-state index in [9.17, 15) is 14.3 Å². The predicted octanol–water partition coefficient (Wildman–Crippen LogP) is 13.8. The van der Waals surface area contributed by atoms with Crippen LogP contribution < -0.4 is 0 Å². The van der Waals surface area contributed by atoms with Gasteiger partial charge in [-0.15, -0.1) is 0 Å². The van der Waals surface area contributed by atoms with Gasteiger partial charge in [0.1, 0.15) is 19.3 Å². The van der Waals surface area contributed by atoms with Crippen molar-refractivity contribution in [3.05, 3.63) is 36.5 Å². The average molecular weight is 813 g/mol. The van der Waals surface area contributed by atoms with Crippen molar-refractivity contribution in [2.45, 2.75) is 206 Å². The largest absolute Gasteiger partial charge is 0.472 e. The van der Waals surface area contributed by atoms with Crippen molar-refractivity contribution in [1.29, 1.82) is 0 Å². The van der Waals surface area contributed by atoms with Crippen molar-refractivity contribution in [2.75, 3.05) is 54.1 Å².